The van der Waals surface area contributed by atoms with Gasteiger partial charge in [-0.1, -0.05) is 12.1 Å². The van der Waals surface area contributed by atoms with E-state index in [0.717, 1.165) is 37.6 Å². The Morgan fingerprint density at radius 3 is 2.41 bits per heavy atom. The predicted molar refractivity (Wildman–Crippen MR) is 128 cm³/mol. The van der Waals surface area contributed by atoms with Crippen LogP contribution in [0.15, 0.2) is 48.8 Å². The molecular weight excluding hydrogens is 435 g/mol. The minimum Gasteiger partial charge on any atom is -0.506 e. The SMILES string of the molecule is CCN(CC)C(=O)c1ccc(N2CCN(Cc3ccc(-c4cncc(O)c4)c(F)c3)CC2)nn1. The lowest BCUT2D eigenvalue weighted by atomic mass is 10.0. The molecule has 0 aliphatic carbocycles. The van der Waals surface area contributed by atoms with Crippen molar-refractivity contribution in [2.45, 2.75) is 20.4 Å². The van der Waals surface area contributed by atoms with Crippen LogP contribution < -0.4 is 4.90 Å². The van der Waals surface area contributed by atoms with Crippen molar-refractivity contribution in [3.63, 3.8) is 0 Å². The number of rotatable bonds is 7. The van der Waals surface area contributed by atoms with Crippen LogP contribution in [0.4, 0.5) is 10.2 Å². The van der Waals surface area contributed by atoms with Crippen LogP contribution in [0, 0.1) is 5.82 Å². The lowest BCUT2D eigenvalue weighted by Gasteiger charge is -2.35. The predicted octanol–water partition coefficient (Wildman–Crippen LogP) is 3.19. The van der Waals surface area contributed by atoms with E-state index < -0.39 is 0 Å². The number of benzene rings is 1. The molecule has 1 amide bonds. The van der Waals surface area contributed by atoms with Gasteiger partial charge < -0.3 is 14.9 Å². The Balaban J connectivity index is 1.33. The van der Waals surface area contributed by atoms with Crippen molar-refractivity contribution < 1.29 is 14.3 Å². The highest BCUT2D eigenvalue weighted by Gasteiger charge is 2.20. The molecule has 178 valence electrons. The Morgan fingerprint density at radius 2 is 1.79 bits per heavy atom. The number of anilines is 1. The molecule has 1 N–H and O–H groups in total. The number of amides is 1. The fraction of sp³-hybridized carbons (Fsp3) is 0.360. The van der Waals surface area contributed by atoms with E-state index in [1.54, 1.807) is 23.1 Å². The summed E-state index contributed by atoms with van der Waals surface area (Å²) in [5.74, 6) is 0.324. The van der Waals surface area contributed by atoms with E-state index in [0.29, 0.717) is 36.5 Å². The van der Waals surface area contributed by atoms with Crippen molar-refractivity contribution >= 4 is 11.7 Å². The highest BCUT2D eigenvalue weighted by molar-refractivity contribution is 5.92. The normalized spacial score (nSPS) is 14.3. The molecular formula is C25H29FN6O2. The summed E-state index contributed by atoms with van der Waals surface area (Å²) >= 11 is 0. The Kier molecular flexibility index (Phi) is 7.32. The van der Waals surface area contributed by atoms with Crippen LogP contribution in [0.25, 0.3) is 11.1 Å². The first-order valence-electron chi connectivity index (χ1n) is 11.5. The Bertz CT molecular complexity index is 1130. The second-order valence-corrected chi connectivity index (χ2v) is 8.26. The molecule has 0 bridgehead atoms. The monoisotopic (exact) mass is 464 g/mol. The lowest BCUT2D eigenvalue weighted by molar-refractivity contribution is 0.0766. The molecule has 0 saturated carbocycles. The molecule has 1 aromatic carbocycles. The maximum absolute atomic E-state index is 14.7. The molecule has 1 fully saturated rings. The largest absolute Gasteiger partial charge is 0.506 e. The highest BCUT2D eigenvalue weighted by atomic mass is 19.1. The number of aromatic hydroxyl groups is 1. The number of hydrogen-bond donors (Lipinski definition) is 1. The van der Waals surface area contributed by atoms with Crippen molar-refractivity contribution in [2.75, 3.05) is 44.2 Å². The molecule has 34 heavy (non-hydrogen) atoms. The lowest BCUT2D eigenvalue weighted by Crippen LogP contribution is -2.46. The molecule has 8 nitrogen and oxygen atoms in total. The Labute approximate surface area is 198 Å². The third-order valence-corrected chi connectivity index (χ3v) is 6.09. The van der Waals surface area contributed by atoms with E-state index in [4.69, 9.17) is 0 Å². The smallest absolute Gasteiger partial charge is 0.274 e. The second kappa shape index (κ2) is 10.6. The van der Waals surface area contributed by atoms with Crippen LogP contribution in [-0.4, -0.2) is 75.3 Å². The number of carbonyl (C=O) groups is 1. The molecule has 0 atom stereocenters. The van der Waals surface area contributed by atoms with Crippen molar-refractivity contribution in [1.29, 1.82) is 0 Å². The number of pyridine rings is 1. The molecule has 2 aromatic heterocycles. The van der Waals surface area contributed by atoms with Gasteiger partial charge in [0.25, 0.3) is 5.91 Å². The molecule has 0 radical (unpaired) electrons. The molecule has 4 rings (SSSR count). The molecule has 3 aromatic rings. The van der Waals surface area contributed by atoms with Gasteiger partial charge >= 0.3 is 0 Å². The first-order chi connectivity index (χ1) is 16.5. The maximum atomic E-state index is 14.7. The van der Waals surface area contributed by atoms with E-state index in [2.05, 4.69) is 25.0 Å². The van der Waals surface area contributed by atoms with Gasteiger partial charge in [0.15, 0.2) is 11.5 Å². The summed E-state index contributed by atoms with van der Waals surface area (Å²) in [5, 5.41) is 18.0. The van der Waals surface area contributed by atoms with Gasteiger partial charge in [-0.15, -0.1) is 10.2 Å². The average Bonchev–Trinajstić information content (AvgIpc) is 2.85. The Hall–Kier alpha value is -3.59. The van der Waals surface area contributed by atoms with Gasteiger partial charge in [-0.05, 0) is 43.7 Å². The summed E-state index contributed by atoms with van der Waals surface area (Å²) in [7, 11) is 0. The summed E-state index contributed by atoms with van der Waals surface area (Å²) < 4.78 is 14.7. The number of halogens is 1. The maximum Gasteiger partial charge on any atom is 0.274 e. The summed E-state index contributed by atoms with van der Waals surface area (Å²) in [5.41, 5.74) is 2.21. The quantitative estimate of drug-likeness (QED) is 0.575. The fourth-order valence-corrected chi connectivity index (χ4v) is 4.14. The van der Waals surface area contributed by atoms with Gasteiger partial charge in [0.05, 0.1) is 6.20 Å². The van der Waals surface area contributed by atoms with Crippen molar-refractivity contribution in [2.24, 2.45) is 0 Å². The number of aromatic nitrogens is 3. The van der Waals surface area contributed by atoms with E-state index in [1.165, 1.54) is 18.5 Å². The molecule has 9 heteroatoms. The van der Waals surface area contributed by atoms with Crippen LogP contribution in [0.2, 0.25) is 0 Å². The zero-order chi connectivity index (χ0) is 24.1. The molecule has 0 spiro atoms. The minimum atomic E-state index is -0.335. The van der Waals surface area contributed by atoms with Crippen molar-refractivity contribution in [1.82, 2.24) is 25.0 Å². The van der Waals surface area contributed by atoms with Gasteiger partial charge in [0.2, 0.25) is 0 Å². The van der Waals surface area contributed by atoms with Crippen LogP contribution in [-0.2, 0) is 6.54 Å². The summed E-state index contributed by atoms with van der Waals surface area (Å²) in [4.78, 5) is 22.5. The standard InChI is InChI=1S/C25H29FN6O2/c1-3-31(4-2)25(34)23-7-8-24(29-28-23)32-11-9-30(10-12-32)17-18-5-6-21(22(26)13-18)19-14-20(33)16-27-15-19/h5-8,13-16,33H,3-4,9-12,17H2,1-2H3. The van der Waals surface area contributed by atoms with Gasteiger partial charge in [-0.25, -0.2) is 4.39 Å². The van der Waals surface area contributed by atoms with E-state index in [1.807, 2.05) is 26.0 Å². The van der Waals surface area contributed by atoms with E-state index >= 15 is 0 Å². The van der Waals surface area contributed by atoms with E-state index in [9.17, 15) is 14.3 Å². The molecule has 3 heterocycles. The molecule has 1 saturated heterocycles. The summed E-state index contributed by atoms with van der Waals surface area (Å²) in [6, 6.07) is 10.3. The number of carbonyl (C=O) groups excluding carboxylic acids is 1. The van der Waals surface area contributed by atoms with Crippen molar-refractivity contribution in [3.8, 4) is 16.9 Å². The van der Waals surface area contributed by atoms with Gasteiger partial charge in [0, 0.05) is 63.1 Å². The van der Waals surface area contributed by atoms with Gasteiger partial charge in [-0.3, -0.25) is 14.7 Å². The Morgan fingerprint density at radius 1 is 1.03 bits per heavy atom. The molecule has 1 aliphatic heterocycles. The number of piperazine rings is 1. The minimum absolute atomic E-state index is 0.00803. The second-order valence-electron chi connectivity index (χ2n) is 8.26. The zero-order valence-corrected chi connectivity index (χ0v) is 19.5. The topological polar surface area (TPSA) is 85.7 Å². The number of hydrogen-bond acceptors (Lipinski definition) is 7. The van der Waals surface area contributed by atoms with Crippen LogP contribution in [0.5, 0.6) is 5.75 Å². The van der Waals surface area contributed by atoms with E-state index in [-0.39, 0.29) is 17.5 Å². The fourth-order valence-electron chi connectivity index (χ4n) is 4.14. The summed E-state index contributed by atoms with van der Waals surface area (Å²) in [6.07, 6.45) is 2.85. The number of nitrogens with zero attached hydrogens (tertiary/aromatic N) is 6. The summed E-state index contributed by atoms with van der Waals surface area (Å²) in [6.45, 7) is 8.97. The first kappa shape index (κ1) is 23.6. The highest BCUT2D eigenvalue weighted by Crippen LogP contribution is 2.26. The van der Waals surface area contributed by atoms with Gasteiger partial charge in [-0.2, -0.15) is 0 Å². The molecule has 1 aliphatic rings. The molecule has 0 unspecified atom stereocenters. The first-order valence-corrected chi connectivity index (χ1v) is 11.5. The third kappa shape index (κ3) is 5.31. The van der Waals surface area contributed by atoms with Gasteiger partial charge in [0.1, 0.15) is 11.6 Å². The van der Waals surface area contributed by atoms with Crippen molar-refractivity contribution in [3.05, 3.63) is 65.9 Å². The van der Waals surface area contributed by atoms with Crippen LogP contribution >= 0.6 is 0 Å². The zero-order valence-electron chi connectivity index (χ0n) is 19.5. The average molecular weight is 465 g/mol. The van der Waals surface area contributed by atoms with Crippen LogP contribution in [0.1, 0.15) is 29.9 Å². The van der Waals surface area contributed by atoms with Crippen LogP contribution in [0.3, 0.4) is 0 Å². The third-order valence-electron chi connectivity index (χ3n) is 6.09.